The third-order valence-corrected chi connectivity index (χ3v) is 15.3. The molecule has 0 spiro atoms. The van der Waals surface area contributed by atoms with Crippen molar-refractivity contribution in [1.82, 2.24) is 0 Å². The Morgan fingerprint density at radius 1 is 0.763 bits per heavy atom. The molecule has 10 rings (SSSR count). The second kappa shape index (κ2) is 15.7. The Balaban J connectivity index is 1.07. The van der Waals surface area contributed by atoms with Crippen LogP contribution in [0.1, 0.15) is 48.1 Å². The zero-order valence-electron chi connectivity index (χ0n) is 32.9. The summed E-state index contributed by atoms with van der Waals surface area (Å²) in [6, 6.07) is 38.0. The van der Waals surface area contributed by atoms with Crippen molar-refractivity contribution >= 4 is 50.8 Å². The highest BCUT2D eigenvalue weighted by Gasteiger charge is 2.35. The van der Waals surface area contributed by atoms with E-state index in [0.29, 0.717) is 6.54 Å². The van der Waals surface area contributed by atoms with Gasteiger partial charge in [0.15, 0.2) is 7.14 Å². The highest BCUT2D eigenvalue weighted by Crippen LogP contribution is 2.51. The first-order chi connectivity index (χ1) is 29.0. The van der Waals surface area contributed by atoms with Crippen LogP contribution in [0.3, 0.4) is 0 Å². The van der Waals surface area contributed by atoms with Crippen LogP contribution in [0.2, 0.25) is 0 Å². The number of hydrogen-bond donors (Lipinski definition) is 1. The van der Waals surface area contributed by atoms with Gasteiger partial charge in [0.25, 0.3) is 0 Å². The number of nitrogens with two attached hydrogens (primary N) is 1. The number of allylic oxidation sites excluding steroid dienone is 12. The third kappa shape index (κ3) is 6.88. The van der Waals surface area contributed by atoms with Crippen LogP contribution in [-0.2, 0) is 11.0 Å². The minimum Gasteiger partial charge on any atom is -0.460 e. The van der Waals surface area contributed by atoms with Crippen molar-refractivity contribution in [3.05, 3.63) is 221 Å². The van der Waals surface area contributed by atoms with E-state index in [1.54, 1.807) is 0 Å². The van der Waals surface area contributed by atoms with Crippen LogP contribution in [0.25, 0.3) is 38.4 Å². The van der Waals surface area contributed by atoms with Crippen molar-refractivity contribution in [2.75, 3.05) is 6.54 Å². The average Bonchev–Trinajstić information content (AvgIpc) is 4.11. The number of rotatable bonds is 10. The second-order valence-electron chi connectivity index (χ2n) is 15.7. The third-order valence-electron chi connectivity index (χ3n) is 12.0. The zero-order valence-corrected chi connectivity index (χ0v) is 33.8. The molecular formula is C54H45N2O2P. The summed E-state index contributed by atoms with van der Waals surface area (Å²) in [5.74, 6) is 1.01. The van der Waals surface area contributed by atoms with Crippen molar-refractivity contribution in [3.8, 4) is 11.1 Å². The topological polar surface area (TPSA) is 68.6 Å². The van der Waals surface area contributed by atoms with Gasteiger partial charge in [-0.15, -0.1) is 0 Å². The summed E-state index contributed by atoms with van der Waals surface area (Å²) in [4.78, 5) is 5.18. The number of nitrogens with zero attached hydrogens (tertiary/aromatic N) is 1. The molecule has 5 aromatic carbocycles. The first-order valence-electron chi connectivity index (χ1n) is 20.7. The molecular weight excluding hydrogens is 740 g/mol. The van der Waals surface area contributed by atoms with Crippen molar-refractivity contribution in [1.29, 1.82) is 0 Å². The van der Waals surface area contributed by atoms with Gasteiger partial charge < -0.3 is 14.7 Å². The number of hydrogen-bond acceptors (Lipinski definition) is 4. The lowest BCUT2D eigenvalue weighted by atomic mass is 9.87. The molecule has 6 aromatic rings. The van der Waals surface area contributed by atoms with Gasteiger partial charge in [0.2, 0.25) is 0 Å². The van der Waals surface area contributed by atoms with Gasteiger partial charge in [0.1, 0.15) is 11.3 Å². The Bertz CT molecular complexity index is 2950. The Morgan fingerprint density at radius 3 is 2.34 bits per heavy atom. The highest BCUT2D eigenvalue weighted by molar-refractivity contribution is 7.79. The molecule has 1 atom stereocenters. The maximum absolute atomic E-state index is 15.1. The van der Waals surface area contributed by atoms with Crippen LogP contribution in [0.5, 0.6) is 0 Å². The molecule has 4 aliphatic rings. The summed E-state index contributed by atoms with van der Waals surface area (Å²) in [5.41, 5.74) is 18.1. The van der Waals surface area contributed by atoms with Crippen molar-refractivity contribution < 1.29 is 8.98 Å². The van der Waals surface area contributed by atoms with Crippen molar-refractivity contribution in [3.63, 3.8) is 0 Å². The van der Waals surface area contributed by atoms with E-state index in [1.165, 1.54) is 5.57 Å². The monoisotopic (exact) mass is 784 g/mol. The molecule has 0 amide bonds. The van der Waals surface area contributed by atoms with Gasteiger partial charge in [-0.25, -0.2) is 0 Å². The van der Waals surface area contributed by atoms with Gasteiger partial charge in [-0.05, 0) is 82.7 Å². The maximum Gasteiger partial charge on any atom is 0.153 e. The fraction of sp³-hybridized carbons (Fsp3) is 0.130. The predicted molar refractivity (Wildman–Crippen MR) is 248 cm³/mol. The van der Waals surface area contributed by atoms with E-state index < -0.39 is 7.14 Å². The summed E-state index contributed by atoms with van der Waals surface area (Å²) >= 11 is 0. The van der Waals surface area contributed by atoms with Gasteiger partial charge in [-0.2, -0.15) is 0 Å². The van der Waals surface area contributed by atoms with Gasteiger partial charge in [-0.1, -0.05) is 164 Å². The Labute approximate surface area is 346 Å². The normalized spacial score (nSPS) is 17.7. The van der Waals surface area contributed by atoms with E-state index >= 15 is 4.57 Å². The highest BCUT2D eigenvalue weighted by atomic mass is 31.2. The average molecular weight is 785 g/mol. The zero-order chi connectivity index (χ0) is 39.8. The smallest absolute Gasteiger partial charge is 0.153 e. The number of fused-ring (bicyclic) bond motifs is 5. The molecule has 0 saturated carbocycles. The summed E-state index contributed by atoms with van der Waals surface area (Å²) in [6.45, 7) is 0.599. The molecule has 0 radical (unpaired) electrons. The fourth-order valence-corrected chi connectivity index (χ4v) is 11.9. The largest absolute Gasteiger partial charge is 0.460 e. The van der Waals surface area contributed by atoms with E-state index in [-0.39, 0.29) is 5.66 Å². The molecule has 288 valence electrons. The van der Waals surface area contributed by atoms with E-state index in [1.807, 2.05) is 48.6 Å². The fourth-order valence-electron chi connectivity index (χ4n) is 8.99. The van der Waals surface area contributed by atoms with Crippen LogP contribution in [0.15, 0.2) is 208 Å². The number of furan rings is 1. The van der Waals surface area contributed by atoms with E-state index in [2.05, 4.69) is 134 Å². The van der Waals surface area contributed by atoms with Gasteiger partial charge in [0.05, 0.1) is 17.9 Å². The Kier molecular flexibility index (Phi) is 9.80. The molecule has 1 unspecified atom stereocenters. The quantitative estimate of drug-likeness (QED) is 0.111. The van der Waals surface area contributed by atoms with E-state index in [4.69, 9.17) is 15.1 Å². The summed E-state index contributed by atoms with van der Waals surface area (Å²) in [5, 5.41) is 5.06. The number of benzene rings is 5. The molecule has 4 aliphatic carbocycles. The molecule has 0 aliphatic heterocycles. The molecule has 1 aromatic heterocycles. The van der Waals surface area contributed by atoms with Crippen LogP contribution >= 0.6 is 7.14 Å². The lowest BCUT2D eigenvalue weighted by Crippen LogP contribution is -2.23. The molecule has 1 heterocycles. The number of aryl methyl sites for hydroxylation is 1. The van der Waals surface area contributed by atoms with Crippen LogP contribution in [-0.4, -0.2) is 17.9 Å². The van der Waals surface area contributed by atoms with Crippen LogP contribution < -0.4 is 16.3 Å². The van der Waals surface area contributed by atoms with Crippen LogP contribution in [0.4, 0.5) is 0 Å². The molecule has 5 heteroatoms. The Morgan fingerprint density at radius 2 is 1.56 bits per heavy atom. The summed E-state index contributed by atoms with van der Waals surface area (Å²) < 4.78 is 21.9. The summed E-state index contributed by atoms with van der Waals surface area (Å²) in [6.07, 6.45) is 30.2. The van der Waals surface area contributed by atoms with Crippen molar-refractivity contribution in [2.45, 2.75) is 37.8 Å². The summed E-state index contributed by atoms with van der Waals surface area (Å²) in [7, 11) is -2.97. The SMILES string of the molecule is N/C(=C\C(=NCC1=CCCC=C1)c1cccc(-c2cc3c4c(oc3c3ccccc23)CCC=C4c2ccc(P(=O)(c3ccccc3)C3C=CC=C3)cc2)c1)C1=CC=CC1. The molecule has 0 bridgehead atoms. The first kappa shape index (κ1) is 36.8. The van der Waals surface area contributed by atoms with Gasteiger partial charge in [-0.3, -0.25) is 4.99 Å². The van der Waals surface area contributed by atoms with E-state index in [9.17, 15) is 0 Å². The van der Waals surface area contributed by atoms with Crippen molar-refractivity contribution in [2.24, 2.45) is 10.7 Å². The molecule has 2 N–H and O–H groups in total. The lowest BCUT2D eigenvalue weighted by molar-refractivity contribution is 0.548. The Hall–Kier alpha value is -6.48. The number of aliphatic imine (C=N–C) groups is 1. The van der Waals surface area contributed by atoms with Crippen LogP contribution in [0, 0.1) is 0 Å². The van der Waals surface area contributed by atoms with Gasteiger partial charge in [0, 0.05) is 44.6 Å². The van der Waals surface area contributed by atoms with Gasteiger partial charge >= 0.3 is 0 Å². The molecule has 4 nitrogen and oxygen atoms in total. The molecule has 0 fully saturated rings. The second-order valence-corrected chi connectivity index (χ2v) is 18.6. The predicted octanol–water partition coefficient (Wildman–Crippen LogP) is 12.2. The minimum atomic E-state index is -2.97. The lowest BCUT2D eigenvalue weighted by Gasteiger charge is -2.24. The molecule has 0 saturated heterocycles. The first-order valence-corrected chi connectivity index (χ1v) is 22.5. The maximum atomic E-state index is 15.1. The minimum absolute atomic E-state index is 0.163. The van der Waals surface area contributed by atoms with E-state index in [0.717, 1.165) is 121 Å². The standard InChI is InChI=1S/C54H45N2O2P/c55-50(39-17-7-8-18-39)35-51(56-36-37-15-3-1-4-16-37)41-20-13-19-40(33-41)48-34-49-53-45(27-14-28-52(53)58-54(49)47-26-12-11-25-46(47)48)38-29-31-44(32-30-38)59(57,43-23-9-10-24-43)42-21-5-2-6-22-42/h2-3,5-13,15-17,19-27,29-35,43H,1,4,14,18,28,36,55H2/b50-35-,56-51?. The molecule has 59 heavy (non-hydrogen) atoms.